The number of nitrogens with zero attached hydrogens (tertiary/aromatic N) is 4. The van der Waals surface area contributed by atoms with Crippen LogP contribution in [0.15, 0.2) is 24.8 Å². The van der Waals surface area contributed by atoms with Crippen molar-refractivity contribution in [2.24, 2.45) is 0 Å². The van der Waals surface area contributed by atoms with Gasteiger partial charge in [-0.25, -0.2) is 15.0 Å². The molecule has 1 saturated heterocycles. The maximum absolute atomic E-state index is 12.2. The van der Waals surface area contributed by atoms with Gasteiger partial charge < -0.3 is 39.2 Å². The third kappa shape index (κ3) is 6.85. The first-order chi connectivity index (χ1) is 20.3. The summed E-state index contributed by atoms with van der Waals surface area (Å²) in [5.74, 6) is 1.65. The van der Waals surface area contributed by atoms with Crippen LogP contribution in [0.25, 0.3) is 11.2 Å². The van der Waals surface area contributed by atoms with E-state index in [0.717, 1.165) is 37.7 Å². The number of imidazole rings is 1. The van der Waals surface area contributed by atoms with Crippen molar-refractivity contribution in [1.29, 1.82) is 0 Å². The molecule has 2 aromatic heterocycles. The normalized spacial score (nSPS) is 20.8. The third-order valence-electron chi connectivity index (χ3n) is 7.40. The zero-order valence-electron chi connectivity index (χ0n) is 24.8. The SMILES string of the molecule is CCCCCCCC(=O)OC[C@H]1O[C@@H](n2cnc3c(NC(C)c4cc(OC)c(OC)c(OC)c4)ncnc32)[C@H](O)[C@@H]1O. The van der Waals surface area contributed by atoms with Crippen LogP contribution in [0.2, 0.25) is 0 Å². The van der Waals surface area contributed by atoms with Crippen molar-refractivity contribution in [2.75, 3.05) is 33.3 Å². The summed E-state index contributed by atoms with van der Waals surface area (Å²) in [6.07, 6.45) is 3.83. The van der Waals surface area contributed by atoms with Crippen molar-refractivity contribution in [2.45, 2.75) is 83.0 Å². The van der Waals surface area contributed by atoms with Crippen molar-refractivity contribution in [1.82, 2.24) is 19.5 Å². The van der Waals surface area contributed by atoms with Gasteiger partial charge in [0.15, 0.2) is 34.7 Å². The Morgan fingerprint density at radius 2 is 1.74 bits per heavy atom. The van der Waals surface area contributed by atoms with Gasteiger partial charge >= 0.3 is 5.97 Å². The van der Waals surface area contributed by atoms with Gasteiger partial charge in [-0.2, -0.15) is 0 Å². The maximum atomic E-state index is 12.2. The van der Waals surface area contributed by atoms with E-state index in [4.69, 9.17) is 23.7 Å². The number of nitrogens with one attached hydrogen (secondary N) is 1. The molecule has 1 aromatic carbocycles. The number of hydrogen-bond donors (Lipinski definition) is 3. The summed E-state index contributed by atoms with van der Waals surface area (Å²) in [5.41, 5.74) is 1.69. The Labute approximate surface area is 245 Å². The summed E-state index contributed by atoms with van der Waals surface area (Å²) in [5, 5.41) is 24.8. The van der Waals surface area contributed by atoms with E-state index >= 15 is 0 Å². The number of rotatable bonds is 15. The maximum Gasteiger partial charge on any atom is 0.305 e. The van der Waals surface area contributed by atoms with Crippen molar-refractivity contribution < 1.29 is 38.7 Å². The Morgan fingerprint density at radius 1 is 1.02 bits per heavy atom. The number of benzene rings is 1. The Balaban J connectivity index is 1.45. The Hall–Kier alpha value is -3.68. The molecule has 0 spiro atoms. The van der Waals surface area contributed by atoms with E-state index in [0.29, 0.717) is 40.7 Å². The number of carbonyl (C=O) groups is 1. The molecule has 230 valence electrons. The molecule has 1 aliphatic heterocycles. The molecule has 0 radical (unpaired) electrons. The second kappa shape index (κ2) is 14.5. The molecule has 1 aliphatic rings. The standard InChI is InChI=1S/C29H41N5O8/c1-6-7-8-9-10-11-22(35)41-14-21-24(36)25(37)29(42-21)34-16-32-23-27(30-15-31-28(23)34)33-17(2)18-12-19(38-3)26(40-5)20(13-18)39-4/h12-13,15-17,21,24-25,29,36-37H,6-11,14H2,1-5H3,(H,30,31,33)/t17?,21-,24-,25-,29-/m1/s1. The van der Waals surface area contributed by atoms with E-state index in [9.17, 15) is 15.0 Å². The molecule has 1 fully saturated rings. The van der Waals surface area contributed by atoms with Crippen LogP contribution in [0.4, 0.5) is 5.82 Å². The number of aliphatic hydroxyl groups is 2. The van der Waals surface area contributed by atoms with Crippen LogP contribution in [0, 0.1) is 0 Å². The second-order valence-corrected chi connectivity index (χ2v) is 10.3. The van der Waals surface area contributed by atoms with E-state index < -0.39 is 24.5 Å². The molecule has 4 rings (SSSR count). The lowest BCUT2D eigenvalue weighted by molar-refractivity contribution is -0.150. The fourth-order valence-corrected chi connectivity index (χ4v) is 5.00. The number of carbonyl (C=O) groups excluding carboxylic acids is 1. The van der Waals surface area contributed by atoms with Gasteiger partial charge in [0.25, 0.3) is 0 Å². The molecule has 0 saturated carbocycles. The van der Waals surface area contributed by atoms with Gasteiger partial charge in [0.1, 0.15) is 31.2 Å². The highest BCUT2D eigenvalue weighted by atomic mass is 16.6. The van der Waals surface area contributed by atoms with E-state index in [1.807, 2.05) is 19.1 Å². The quantitative estimate of drug-likeness (QED) is 0.176. The molecule has 3 heterocycles. The van der Waals surface area contributed by atoms with E-state index in [1.165, 1.54) is 17.2 Å². The third-order valence-corrected chi connectivity index (χ3v) is 7.40. The molecular formula is C29H41N5O8. The van der Waals surface area contributed by atoms with Crippen LogP contribution < -0.4 is 19.5 Å². The zero-order valence-corrected chi connectivity index (χ0v) is 24.8. The topological polar surface area (TPSA) is 159 Å². The number of methoxy groups -OCH3 is 3. The highest BCUT2D eigenvalue weighted by Crippen LogP contribution is 2.40. The van der Waals surface area contributed by atoms with Crippen LogP contribution in [0.3, 0.4) is 0 Å². The highest BCUT2D eigenvalue weighted by molar-refractivity contribution is 5.83. The number of aromatic nitrogens is 4. The minimum absolute atomic E-state index is 0.163. The Morgan fingerprint density at radius 3 is 2.40 bits per heavy atom. The van der Waals surface area contributed by atoms with Crippen molar-refractivity contribution in [3.05, 3.63) is 30.4 Å². The van der Waals surface area contributed by atoms with Gasteiger partial charge in [0.05, 0.1) is 33.7 Å². The monoisotopic (exact) mass is 587 g/mol. The van der Waals surface area contributed by atoms with Gasteiger partial charge in [0, 0.05) is 6.42 Å². The summed E-state index contributed by atoms with van der Waals surface area (Å²) < 4.78 is 29.2. The average Bonchev–Trinajstić information content (AvgIpc) is 3.55. The van der Waals surface area contributed by atoms with Crippen molar-refractivity contribution in [3.8, 4) is 17.2 Å². The van der Waals surface area contributed by atoms with Gasteiger partial charge in [0.2, 0.25) is 5.75 Å². The van der Waals surface area contributed by atoms with Crippen LogP contribution in [-0.2, 0) is 14.3 Å². The summed E-state index contributed by atoms with van der Waals surface area (Å²) >= 11 is 0. The summed E-state index contributed by atoms with van der Waals surface area (Å²) in [6, 6.07) is 3.45. The van der Waals surface area contributed by atoms with E-state index in [2.05, 4.69) is 27.2 Å². The minimum atomic E-state index is -1.29. The lowest BCUT2D eigenvalue weighted by Crippen LogP contribution is -2.34. The second-order valence-electron chi connectivity index (χ2n) is 10.3. The first-order valence-corrected chi connectivity index (χ1v) is 14.2. The number of ether oxygens (including phenoxy) is 5. The molecule has 42 heavy (non-hydrogen) atoms. The molecule has 13 nitrogen and oxygen atoms in total. The first kappa shape index (κ1) is 31.3. The number of fused-ring (bicyclic) bond motifs is 1. The van der Waals surface area contributed by atoms with Crippen LogP contribution >= 0.6 is 0 Å². The molecular weight excluding hydrogens is 546 g/mol. The predicted octanol–water partition coefficient (Wildman–Crippen LogP) is 3.55. The minimum Gasteiger partial charge on any atom is -0.493 e. The van der Waals surface area contributed by atoms with Crippen LogP contribution in [0.1, 0.15) is 70.2 Å². The molecule has 0 bridgehead atoms. The molecule has 0 aliphatic carbocycles. The fraction of sp³-hybridized carbons (Fsp3) is 0.586. The Bertz CT molecular complexity index is 1310. The van der Waals surface area contributed by atoms with E-state index in [1.54, 1.807) is 21.3 Å². The van der Waals surface area contributed by atoms with Crippen molar-refractivity contribution >= 4 is 23.0 Å². The molecule has 13 heteroatoms. The van der Waals surface area contributed by atoms with Gasteiger partial charge in [-0.1, -0.05) is 32.6 Å². The number of esters is 1. The van der Waals surface area contributed by atoms with Gasteiger partial charge in [-0.3, -0.25) is 9.36 Å². The molecule has 0 amide bonds. The summed E-state index contributed by atoms with van der Waals surface area (Å²) in [7, 11) is 4.66. The fourth-order valence-electron chi connectivity index (χ4n) is 5.00. The highest BCUT2D eigenvalue weighted by Gasteiger charge is 2.45. The summed E-state index contributed by atoms with van der Waals surface area (Å²) in [6.45, 7) is 3.92. The lowest BCUT2D eigenvalue weighted by Gasteiger charge is -2.19. The van der Waals surface area contributed by atoms with E-state index in [-0.39, 0.29) is 18.6 Å². The Kier molecular flexibility index (Phi) is 10.8. The molecule has 3 aromatic rings. The van der Waals surface area contributed by atoms with Gasteiger partial charge in [-0.15, -0.1) is 0 Å². The van der Waals surface area contributed by atoms with Crippen LogP contribution in [0.5, 0.6) is 17.2 Å². The van der Waals surface area contributed by atoms with Crippen molar-refractivity contribution in [3.63, 3.8) is 0 Å². The van der Waals surface area contributed by atoms with Crippen LogP contribution in [-0.4, -0.2) is 81.9 Å². The number of hydrogen-bond acceptors (Lipinski definition) is 12. The lowest BCUT2D eigenvalue weighted by atomic mass is 10.1. The number of aliphatic hydroxyl groups excluding tert-OH is 2. The molecule has 5 atom stereocenters. The largest absolute Gasteiger partial charge is 0.493 e. The molecule has 3 N–H and O–H groups in total. The molecule has 1 unspecified atom stereocenters. The predicted molar refractivity (Wildman–Crippen MR) is 154 cm³/mol. The smallest absolute Gasteiger partial charge is 0.305 e. The first-order valence-electron chi connectivity index (χ1n) is 14.2. The van der Waals surface area contributed by atoms with Gasteiger partial charge in [-0.05, 0) is 31.0 Å². The summed E-state index contributed by atoms with van der Waals surface area (Å²) in [4.78, 5) is 25.3. The zero-order chi connectivity index (χ0) is 30.2. The number of unbranched alkanes of at least 4 members (excludes halogenated alkanes) is 4. The average molecular weight is 588 g/mol. The number of anilines is 1.